The second-order valence-corrected chi connectivity index (χ2v) is 10.9. The molecule has 10 nitrogen and oxygen atoms in total. The molecule has 0 saturated heterocycles. The number of urea groups is 1. The zero-order valence-electron chi connectivity index (χ0n) is 19.8. The third kappa shape index (κ3) is 6.92. The number of amides is 3. The lowest BCUT2D eigenvalue weighted by Crippen LogP contribution is -2.46. The van der Waals surface area contributed by atoms with Crippen molar-refractivity contribution in [2.45, 2.75) is 38.6 Å². The van der Waals surface area contributed by atoms with Gasteiger partial charge < -0.3 is 14.8 Å². The molecule has 1 aromatic heterocycles. The van der Waals surface area contributed by atoms with Crippen LogP contribution in [0.3, 0.4) is 0 Å². The van der Waals surface area contributed by atoms with Gasteiger partial charge in [0.2, 0.25) is 10.0 Å². The van der Waals surface area contributed by atoms with Crippen molar-refractivity contribution >= 4 is 33.6 Å². The molecular formula is C22H30ClFN6O4S. The summed E-state index contributed by atoms with van der Waals surface area (Å²) in [6.07, 6.45) is 5.84. The Morgan fingerprint density at radius 1 is 1.26 bits per heavy atom. The van der Waals surface area contributed by atoms with Crippen molar-refractivity contribution in [1.29, 1.82) is 0 Å². The summed E-state index contributed by atoms with van der Waals surface area (Å²) in [5.74, 6) is -2.25. The summed E-state index contributed by atoms with van der Waals surface area (Å²) in [4.78, 5) is 32.4. The van der Waals surface area contributed by atoms with E-state index in [2.05, 4.69) is 20.6 Å². The van der Waals surface area contributed by atoms with Crippen molar-refractivity contribution in [3.05, 3.63) is 41.1 Å². The van der Waals surface area contributed by atoms with Crippen molar-refractivity contribution in [2.75, 3.05) is 19.3 Å². The summed E-state index contributed by atoms with van der Waals surface area (Å²) in [5.41, 5.74) is 2.57. The molecule has 3 amide bonds. The van der Waals surface area contributed by atoms with E-state index in [1.807, 2.05) is 6.92 Å². The van der Waals surface area contributed by atoms with Crippen LogP contribution in [-0.4, -0.2) is 60.2 Å². The monoisotopic (exact) mass is 528 g/mol. The van der Waals surface area contributed by atoms with Gasteiger partial charge in [-0.2, -0.15) is 0 Å². The number of hydrogen-bond donors (Lipinski definition) is 3. The van der Waals surface area contributed by atoms with Crippen LogP contribution >= 0.6 is 11.6 Å². The zero-order valence-corrected chi connectivity index (χ0v) is 21.4. The highest BCUT2D eigenvalue weighted by Crippen LogP contribution is 2.29. The van der Waals surface area contributed by atoms with Crippen molar-refractivity contribution < 1.29 is 22.4 Å². The van der Waals surface area contributed by atoms with Gasteiger partial charge in [-0.3, -0.25) is 10.2 Å². The molecule has 0 radical (unpaired) electrons. The molecule has 1 aliphatic rings. The van der Waals surface area contributed by atoms with Crippen molar-refractivity contribution in [3.63, 3.8) is 0 Å². The maximum atomic E-state index is 14.5. The number of aromatic nitrogens is 2. The molecular weight excluding hydrogens is 499 g/mol. The van der Waals surface area contributed by atoms with E-state index in [4.69, 9.17) is 11.6 Å². The van der Waals surface area contributed by atoms with Crippen LogP contribution in [0.15, 0.2) is 24.7 Å². The van der Waals surface area contributed by atoms with E-state index in [1.165, 1.54) is 12.1 Å². The topological polar surface area (TPSA) is 125 Å². The Labute approximate surface area is 209 Å². The van der Waals surface area contributed by atoms with E-state index in [9.17, 15) is 22.4 Å². The molecule has 13 heteroatoms. The summed E-state index contributed by atoms with van der Waals surface area (Å²) in [6, 6.07) is 2.51. The lowest BCUT2D eigenvalue weighted by atomic mass is 9.87. The van der Waals surface area contributed by atoms with Crippen LogP contribution in [0.1, 0.15) is 43.0 Å². The predicted octanol–water partition coefficient (Wildman–Crippen LogP) is 2.66. The van der Waals surface area contributed by atoms with Crippen molar-refractivity contribution in [3.8, 4) is 11.3 Å². The fourth-order valence-electron chi connectivity index (χ4n) is 4.15. The number of nitrogens with one attached hydrogen (secondary N) is 3. The SMILES string of the molecule is CCNC(=O)N(C)[C@H]1CC[C@H](CS(=O)(=O)NNC(=O)c2cc(-c3cn(C)cn3)cc(Cl)c2F)CC1. The smallest absolute Gasteiger partial charge is 0.317 e. The zero-order chi connectivity index (χ0) is 25.8. The van der Waals surface area contributed by atoms with E-state index in [0.717, 1.165) is 0 Å². The molecule has 0 spiro atoms. The van der Waals surface area contributed by atoms with Crippen molar-refractivity contribution in [1.82, 2.24) is 30.0 Å². The van der Waals surface area contributed by atoms with Gasteiger partial charge in [-0.15, -0.1) is 4.83 Å². The van der Waals surface area contributed by atoms with Gasteiger partial charge in [-0.25, -0.2) is 22.6 Å². The van der Waals surface area contributed by atoms with Gasteiger partial charge in [-0.05, 0) is 50.7 Å². The van der Waals surface area contributed by atoms with Crippen molar-refractivity contribution in [2.24, 2.45) is 13.0 Å². The van der Waals surface area contributed by atoms with E-state index in [-0.39, 0.29) is 28.8 Å². The van der Waals surface area contributed by atoms with E-state index < -0.39 is 27.3 Å². The third-order valence-corrected chi connectivity index (χ3v) is 7.66. The first-order chi connectivity index (χ1) is 16.5. The van der Waals surface area contributed by atoms with Gasteiger partial charge in [0.1, 0.15) is 0 Å². The number of imidazole rings is 1. The number of hydrazine groups is 1. The maximum absolute atomic E-state index is 14.5. The molecule has 0 bridgehead atoms. The number of benzene rings is 1. The third-order valence-electron chi connectivity index (χ3n) is 6.06. The highest BCUT2D eigenvalue weighted by molar-refractivity contribution is 7.89. The fraction of sp³-hybridized carbons (Fsp3) is 0.500. The number of aryl methyl sites for hydroxylation is 1. The molecule has 2 aromatic rings. The number of carbonyl (C=O) groups is 2. The van der Waals surface area contributed by atoms with Crippen LogP contribution in [0, 0.1) is 11.7 Å². The molecule has 35 heavy (non-hydrogen) atoms. The van der Waals surface area contributed by atoms with Crippen LogP contribution in [-0.2, 0) is 17.1 Å². The maximum Gasteiger partial charge on any atom is 0.317 e. The highest BCUT2D eigenvalue weighted by atomic mass is 35.5. The van der Waals surface area contributed by atoms with Gasteiger partial charge in [0.25, 0.3) is 5.91 Å². The summed E-state index contributed by atoms with van der Waals surface area (Å²) in [5, 5.41) is 2.47. The van der Waals surface area contributed by atoms with Crippen LogP contribution in [0.2, 0.25) is 5.02 Å². The summed E-state index contributed by atoms with van der Waals surface area (Å²) < 4.78 is 41.3. The van der Waals surface area contributed by atoms with E-state index >= 15 is 0 Å². The average molecular weight is 529 g/mol. The van der Waals surface area contributed by atoms with Gasteiger partial charge in [0.05, 0.1) is 28.4 Å². The fourth-order valence-corrected chi connectivity index (χ4v) is 5.65. The average Bonchev–Trinajstić information content (AvgIpc) is 3.25. The lowest BCUT2D eigenvalue weighted by molar-refractivity contribution is 0.0941. The Hall–Kier alpha value is -2.70. The molecule has 1 aromatic carbocycles. The summed E-state index contributed by atoms with van der Waals surface area (Å²) >= 11 is 5.95. The molecule has 1 fully saturated rings. The summed E-state index contributed by atoms with van der Waals surface area (Å²) in [6.45, 7) is 2.39. The van der Waals surface area contributed by atoms with Crippen LogP contribution in [0.5, 0.6) is 0 Å². The molecule has 192 valence electrons. The Bertz CT molecular complexity index is 1180. The lowest BCUT2D eigenvalue weighted by Gasteiger charge is -2.34. The molecule has 3 N–H and O–H groups in total. The minimum atomic E-state index is -3.87. The Morgan fingerprint density at radius 2 is 1.94 bits per heavy atom. The van der Waals surface area contributed by atoms with Gasteiger partial charge in [-0.1, -0.05) is 11.6 Å². The van der Waals surface area contributed by atoms with Gasteiger partial charge >= 0.3 is 6.03 Å². The Balaban J connectivity index is 1.57. The van der Waals surface area contributed by atoms with Crippen LogP contribution in [0.4, 0.5) is 9.18 Å². The first-order valence-electron chi connectivity index (χ1n) is 11.3. The number of hydrogen-bond acceptors (Lipinski definition) is 5. The van der Waals surface area contributed by atoms with Gasteiger partial charge in [0, 0.05) is 38.4 Å². The highest BCUT2D eigenvalue weighted by Gasteiger charge is 2.29. The van der Waals surface area contributed by atoms with E-state index in [0.29, 0.717) is 43.5 Å². The predicted molar refractivity (Wildman–Crippen MR) is 131 cm³/mol. The summed E-state index contributed by atoms with van der Waals surface area (Å²) in [7, 11) is -0.379. The first kappa shape index (κ1) is 26.9. The number of carbonyl (C=O) groups excluding carboxylic acids is 2. The Kier molecular flexibility index (Phi) is 8.73. The quantitative estimate of drug-likeness (QED) is 0.454. The molecule has 1 saturated carbocycles. The first-order valence-corrected chi connectivity index (χ1v) is 13.3. The number of sulfonamides is 1. The van der Waals surface area contributed by atoms with E-state index in [1.54, 1.807) is 36.1 Å². The molecule has 0 unspecified atom stereocenters. The molecule has 0 atom stereocenters. The largest absolute Gasteiger partial charge is 0.340 e. The molecule has 3 rings (SSSR count). The number of halogens is 2. The second kappa shape index (κ2) is 11.4. The minimum absolute atomic E-state index is 0.0484. The number of rotatable bonds is 8. The number of nitrogens with zero attached hydrogens (tertiary/aromatic N) is 3. The minimum Gasteiger partial charge on any atom is -0.340 e. The molecule has 1 heterocycles. The molecule has 1 aliphatic carbocycles. The van der Waals surface area contributed by atoms with Crippen LogP contribution in [0.25, 0.3) is 11.3 Å². The Morgan fingerprint density at radius 3 is 2.54 bits per heavy atom. The second-order valence-electron chi connectivity index (χ2n) is 8.70. The molecule has 0 aliphatic heterocycles. The normalized spacial score (nSPS) is 18.2. The standard InChI is InChI=1S/C22H30ClFN6O4S/c1-4-25-22(32)30(3)16-7-5-14(6-8-16)12-35(33,34)28-27-21(31)17-9-15(10-18(23)20(17)24)19-11-29(2)13-26-19/h9-11,13-14,16,28H,4-8,12H2,1-3H3,(H,25,32)(H,27,31)/t14-,16-. The van der Waals surface area contributed by atoms with Crippen LogP contribution < -0.4 is 15.6 Å². The van der Waals surface area contributed by atoms with Gasteiger partial charge in [0.15, 0.2) is 5.82 Å².